The normalized spacial score (nSPS) is 15.7. The van der Waals surface area contributed by atoms with Crippen LogP contribution in [0.2, 0.25) is 0 Å². The van der Waals surface area contributed by atoms with Crippen LogP contribution < -0.4 is 15.3 Å². The number of fused-ring (bicyclic) bond motifs is 5. The minimum atomic E-state index is -0.0924. The number of hydrogen-bond donors (Lipinski definition) is 1. The Labute approximate surface area is 311 Å². The molecule has 53 heavy (non-hydrogen) atoms. The van der Waals surface area contributed by atoms with Gasteiger partial charge in [-0.3, -0.25) is 4.98 Å². The number of rotatable bonds is 7. The second-order valence-electron chi connectivity index (χ2n) is 14.6. The number of hydrogen-bond acceptors (Lipinski definition) is 5. The Balaban J connectivity index is 1.10. The number of hydrazine groups is 1. The Hall–Kier alpha value is -6.17. The molecule has 5 aromatic carbocycles. The first kappa shape index (κ1) is 32.7. The summed E-state index contributed by atoms with van der Waals surface area (Å²) in [5, 5.41) is 1.70. The molecular formula is C48H41N3O2. The summed E-state index contributed by atoms with van der Waals surface area (Å²) in [6.07, 6.45) is 10.7. The second kappa shape index (κ2) is 13.1. The van der Waals surface area contributed by atoms with Crippen LogP contribution in [0.5, 0.6) is 23.0 Å². The maximum atomic E-state index is 6.79. The summed E-state index contributed by atoms with van der Waals surface area (Å²) in [6, 6.07) is 44.2. The van der Waals surface area contributed by atoms with Crippen LogP contribution in [0.15, 0.2) is 157 Å². The summed E-state index contributed by atoms with van der Waals surface area (Å²) in [4.78, 5) is 4.62. The highest BCUT2D eigenvalue weighted by atomic mass is 16.6. The molecule has 1 aliphatic heterocycles. The van der Waals surface area contributed by atoms with Crippen molar-refractivity contribution in [3.05, 3.63) is 185 Å². The first-order valence-corrected chi connectivity index (χ1v) is 18.3. The van der Waals surface area contributed by atoms with Crippen LogP contribution in [0.25, 0.3) is 33.7 Å². The van der Waals surface area contributed by atoms with Crippen LogP contribution in [-0.4, -0.2) is 17.0 Å². The summed E-state index contributed by atoms with van der Waals surface area (Å²) in [6.45, 7) is 4.62. The van der Waals surface area contributed by atoms with E-state index in [1.807, 2.05) is 55.7 Å². The maximum Gasteiger partial charge on any atom is 0.177 e. The van der Waals surface area contributed by atoms with E-state index in [2.05, 4.69) is 122 Å². The molecule has 2 aliphatic carbocycles. The Morgan fingerprint density at radius 2 is 1.55 bits per heavy atom. The largest absolute Gasteiger partial charge is 0.449 e. The van der Waals surface area contributed by atoms with Gasteiger partial charge in [0.15, 0.2) is 23.0 Å². The van der Waals surface area contributed by atoms with Gasteiger partial charge in [-0.05, 0) is 88.2 Å². The van der Waals surface area contributed by atoms with Gasteiger partial charge in [-0.25, -0.2) is 5.84 Å². The van der Waals surface area contributed by atoms with Crippen molar-refractivity contribution in [2.45, 2.75) is 38.0 Å². The van der Waals surface area contributed by atoms with E-state index >= 15 is 0 Å². The third kappa shape index (κ3) is 5.74. The Bertz CT molecular complexity index is 2440. The minimum Gasteiger partial charge on any atom is -0.449 e. The van der Waals surface area contributed by atoms with E-state index in [-0.39, 0.29) is 11.3 Å². The van der Waals surface area contributed by atoms with Gasteiger partial charge < -0.3 is 14.5 Å². The molecule has 2 N–H and O–H groups in total. The van der Waals surface area contributed by atoms with Gasteiger partial charge in [0.25, 0.3) is 0 Å². The molecule has 5 heteroatoms. The summed E-state index contributed by atoms with van der Waals surface area (Å²) in [5.41, 5.74) is 13.5. The van der Waals surface area contributed by atoms with E-state index in [1.54, 1.807) is 5.01 Å². The molecule has 9 rings (SSSR count). The third-order valence-electron chi connectivity index (χ3n) is 10.9. The average Bonchev–Trinajstić information content (AvgIpc) is 3.44. The van der Waals surface area contributed by atoms with Crippen LogP contribution in [0.3, 0.4) is 0 Å². The highest BCUT2D eigenvalue weighted by Crippen LogP contribution is 2.59. The number of pyridine rings is 1. The van der Waals surface area contributed by atoms with Gasteiger partial charge in [-0.1, -0.05) is 123 Å². The number of nitrogens with two attached hydrogens (primary N) is 1. The van der Waals surface area contributed by atoms with Crippen molar-refractivity contribution in [2.75, 3.05) is 7.05 Å². The van der Waals surface area contributed by atoms with Crippen LogP contribution in [-0.2, 0) is 5.41 Å². The number of nitrogens with zero attached hydrogens (tertiary/aromatic N) is 2. The molecule has 260 valence electrons. The number of para-hydroxylation sites is 1. The topological polar surface area (TPSA) is 60.6 Å². The Morgan fingerprint density at radius 1 is 0.774 bits per heavy atom. The predicted molar refractivity (Wildman–Crippen MR) is 215 cm³/mol. The van der Waals surface area contributed by atoms with Gasteiger partial charge >= 0.3 is 0 Å². The van der Waals surface area contributed by atoms with E-state index in [4.69, 9.17) is 15.3 Å². The molecule has 1 atom stereocenters. The van der Waals surface area contributed by atoms with Gasteiger partial charge in [-0.2, -0.15) is 0 Å². The molecule has 6 aromatic rings. The minimum absolute atomic E-state index is 0.0714. The summed E-state index contributed by atoms with van der Waals surface area (Å²) in [7, 11) is 1.89. The highest BCUT2D eigenvalue weighted by molar-refractivity contribution is 5.89. The molecule has 1 aromatic heterocycles. The molecule has 2 heterocycles. The van der Waals surface area contributed by atoms with Crippen molar-refractivity contribution in [1.82, 2.24) is 9.99 Å². The monoisotopic (exact) mass is 691 g/mol. The molecule has 5 nitrogen and oxygen atoms in total. The van der Waals surface area contributed by atoms with Crippen molar-refractivity contribution >= 4 is 11.3 Å². The molecule has 0 fully saturated rings. The molecule has 0 radical (unpaired) electrons. The predicted octanol–water partition coefficient (Wildman–Crippen LogP) is 11.7. The van der Waals surface area contributed by atoms with Crippen molar-refractivity contribution in [3.63, 3.8) is 0 Å². The van der Waals surface area contributed by atoms with E-state index in [9.17, 15) is 0 Å². The lowest BCUT2D eigenvalue weighted by Crippen LogP contribution is -2.24. The highest BCUT2D eigenvalue weighted by Gasteiger charge is 2.41. The van der Waals surface area contributed by atoms with E-state index in [0.29, 0.717) is 0 Å². The SMILES string of the molecule is CN(N)/C(=C\C(c1ccc(-c2cccc3c2Oc2ccc4c(c2O3)C2=C(C=CCC2)C4(C)C)cc1)c1cccc(-c2ccccn2)c1)c1ccccc1. The van der Waals surface area contributed by atoms with E-state index in [0.717, 1.165) is 80.6 Å². The molecule has 0 bridgehead atoms. The van der Waals surface area contributed by atoms with Crippen LogP contribution in [0, 0.1) is 0 Å². The second-order valence-corrected chi connectivity index (χ2v) is 14.6. The molecule has 0 amide bonds. The molecule has 0 saturated carbocycles. The summed E-state index contributed by atoms with van der Waals surface area (Å²) >= 11 is 0. The lowest BCUT2D eigenvalue weighted by Gasteiger charge is -2.27. The summed E-state index contributed by atoms with van der Waals surface area (Å²) < 4.78 is 13.6. The first-order valence-electron chi connectivity index (χ1n) is 18.3. The van der Waals surface area contributed by atoms with Gasteiger partial charge in [0.05, 0.1) is 11.4 Å². The fourth-order valence-corrected chi connectivity index (χ4v) is 8.23. The van der Waals surface area contributed by atoms with Crippen LogP contribution in [0.4, 0.5) is 0 Å². The van der Waals surface area contributed by atoms with Crippen LogP contribution in [0.1, 0.15) is 60.4 Å². The maximum absolute atomic E-state index is 6.79. The van der Waals surface area contributed by atoms with Crippen molar-refractivity contribution in [3.8, 4) is 45.4 Å². The zero-order chi connectivity index (χ0) is 36.1. The average molecular weight is 692 g/mol. The van der Waals surface area contributed by atoms with Gasteiger partial charge in [0.2, 0.25) is 0 Å². The fourth-order valence-electron chi connectivity index (χ4n) is 8.23. The van der Waals surface area contributed by atoms with Crippen molar-refractivity contribution in [1.29, 1.82) is 0 Å². The molecule has 1 unspecified atom stereocenters. The van der Waals surface area contributed by atoms with Gasteiger partial charge in [0.1, 0.15) is 0 Å². The lowest BCUT2D eigenvalue weighted by atomic mass is 9.80. The molecular weight excluding hydrogens is 651 g/mol. The van der Waals surface area contributed by atoms with Gasteiger partial charge in [-0.15, -0.1) is 0 Å². The Morgan fingerprint density at radius 3 is 2.34 bits per heavy atom. The molecule has 0 saturated heterocycles. The molecule has 0 spiro atoms. The smallest absolute Gasteiger partial charge is 0.177 e. The van der Waals surface area contributed by atoms with Crippen LogP contribution >= 0.6 is 0 Å². The van der Waals surface area contributed by atoms with E-state index in [1.165, 1.54) is 22.3 Å². The summed E-state index contributed by atoms with van der Waals surface area (Å²) in [5.74, 6) is 9.46. The molecule has 3 aliphatic rings. The van der Waals surface area contributed by atoms with Crippen molar-refractivity contribution < 1.29 is 9.47 Å². The van der Waals surface area contributed by atoms with E-state index < -0.39 is 0 Å². The fraction of sp³-hybridized carbons (Fsp3) is 0.146. The number of aromatic nitrogens is 1. The standard InChI is InChI=1S/C48H41N3O2/c1-48(2)39-19-8-7-17-37(39)45-40(48)26-27-44-47(45)53-43-21-12-18-36(46(43)52-44)31-22-24-32(25-23-31)38(30-42(51(3)49)33-13-5-4-6-14-33)34-15-11-16-35(29-34)41-20-9-10-28-50-41/h4-6,8-16,18-30,38H,7,17,49H2,1-3H3/b42-30-. The zero-order valence-electron chi connectivity index (χ0n) is 30.2. The number of ether oxygens (including phenoxy) is 2. The first-order chi connectivity index (χ1) is 25.9. The van der Waals surface area contributed by atoms with Crippen molar-refractivity contribution in [2.24, 2.45) is 5.84 Å². The Kier molecular flexibility index (Phi) is 8.09. The number of allylic oxidation sites excluding steroid dienone is 5. The van der Waals surface area contributed by atoms with Gasteiger partial charge in [0, 0.05) is 41.3 Å². The zero-order valence-corrected chi connectivity index (χ0v) is 30.2. The quantitative estimate of drug-likeness (QED) is 0.133. The number of benzene rings is 5. The lowest BCUT2D eigenvalue weighted by molar-refractivity contribution is 0.359. The third-order valence-corrected chi connectivity index (χ3v) is 10.9.